The second kappa shape index (κ2) is 29.3. The molecule has 0 amide bonds. The molecule has 0 aromatic rings. The molecule has 1 rings (SSSR count). The predicted molar refractivity (Wildman–Crippen MR) is 196 cm³/mol. The van der Waals surface area contributed by atoms with Crippen LogP contribution in [0.3, 0.4) is 0 Å². The van der Waals surface area contributed by atoms with E-state index in [1.165, 1.54) is 38.5 Å². The molecule has 13 heteroatoms. The number of aliphatic hydroxyl groups is 3. The van der Waals surface area contributed by atoms with Gasteiger partial charge in [0.05, 0.1) is 6.61 Å². The number of hydrogen-bond donors (Lipinski definition) is 4. The summed E-state index contributed by atoms with van der Waals surface area (Å²) in [7, 11) is -4.60. The van der Waals surface area contributed by atoms with E-state index in [2.05, 4.69) is 50.3 Å². The van der Waals surface area contributed by atoms with Gasteiger partial charge in [-0.3, -0.25) is 14.1 Å². The van der Waals surface area contributed by atoms with Crippen LogP contribution in [-0.4, -0.2) is 96.0 Å². The zero-order chi connectivity index (χ0) is 37.7. The topological polar surface area (TPSA) is 186 Å². The fraction of sp³-hybridized carbons (Fsp3) is 0.789. The van der Waals surface area contributed by atoms with E-state index in [9.17, 15) is 37.9 Å². The van der Waals surface area contributed by atoms with Crippen molar-refractivity contribution < 1.29 is 56.8 Å². The standard InChI is InChI=1S/C38H66O12S/c1-3-5-7-9-11-13-15-16-17-19-21-23-25-27-34(40)49-31(28-47-33(39)26-24-22-20-18-14-12-10-8-6-4-2)29-48-38-37(43)36(42)35(41)32(50-38)30-51(44,45)46/h5,7,11,13,16-17,31-32,35-38,41-43H,3-4,6,8-10,12,14-15,18-30H2,1-2H3,(H,44,45,46)/b7-5-,13-11-,17-16-. The van der Waals surface area contributed by atoms with Crippen molar-refractivity contribution in [1.82, 2.24) is 0 Å². The van der Waals surface area contributed by atoms with Crippen LogP contribution >= 0.6 is 0 Å². The van der Waals surface area contributed by atoms with E-state index in [-0.39, 0.29) is 19.4 Å². The summed E-state index contributed by atoms with van der Waals surface area (Å²) >= 11 is 0. The summed E-state index contributed by atoms with van der Waals surface area (Å²) in [5.74, 6) is -2.03. The van der Waals surface area contributed by atoms with Crippen LogP contribution in [0.5, 0.6) is 0 Å². The summed E-state index contributed by atoms with van der Waals surface area (Å²) < 4.78 is 53.7. The molecule has 12 nitrogen and oxygen atoms in total. The van der Waals surface area contributed by atoms with E-state index in [0.717, 1.165) is 57.8 Å². The number of hydrogen-bond acceptors (Lipinski definition) is 11. The minimum absolute atomic E-state index is 0.130. The maximum Gasteiger partial charge on any atom is 0.306 e. The lowest BCUT2D eigenvalue weighted by atomic mass is 10.00. The molecule has 6 unspecified atom stereocenters. The van der Waals surface area contributed by atoms with Gasteiger partial charge in [0.2, 0.25) is 0 Å². The molecule has 1 fully saturated rings. The van der Waals surface area contributed by atoms with Gasteiger partial charge in [0.15, 0.2) is 12.4 Å². The molecule has 0 saturated carbocycles. The summed E-state index contributed by atoms with van der Waals surface area (Å²) in [4.78, 5) is 25.2. The summed E-state index contributed by atoms with van der Waals surface area (Å²) in [6, 6.07) is 0. The second-order valence-corrected chi connectivity index (χ2v) is 14.7. The van der Waals surface area contributed by atoms with E-state index in [1.54, 1.807) is 0 Å². The van der Waals surface area contributed by atoms with E-state index < -0.39 is 71.2 Å². The molecule has 6 atom stereocenters. The van der Waals surface area contributed by atoms with Crippen LogP contribution in [0.2, 0.25) is 0 Å². The highest BCUT2D eigenvalue weighted by molar-refractivity contribution is 7.85. The Balaban J connectivity index is 2.56. The SMILES string of the molecule is CC/C=C\C/C=C\C/C=C\CCCCCC(=O)OC(COC(=O)CCCCCCCCCCCC)COC1OC(CS(=O)(=O)O)C(O)C(O)C1O. The highest BCUT2D eigenvalue weighted by Gasteiger charge is 2.46. The average molecular weight is 747 g/mol. The van der Waals surface area contributed by atoms with Gasteiger partial charge in [0.25, 0.3) is 10.1 Å². The van der Waals surface area contributed by atoms with Crippen LogP contribution in [0.1, 0.15) is 136 Å². The number of esters is 2. The van der Waals surface area contributed by atoms with Gasteiger partial charge >= 0.3 is 11.9 Å². The van der Waals surface area contributed by atoms with Crippen molar-refractivity contribution in [2.75, 3.05) is 19.0 Å². The van der Waals surface area contributed by atoms with Crippen molar-refractivity contribution in [1.29, 1.82) is 0 Å². The Morgan fingerprint density at radius 3 is 1.84 bits per heavy atom. The highest BCUT2D eigenvalue weighted by atomic mass is 32.2. The lowest BCUT2D eigenvalue weighted by Gasteiger charge is -2.40. The van der Waals surface area contributed by atoms with Crippen molar-refractivity contribution in [2.24, 2.45) is 0 Å². The van der Waals surface area contributed by atoms with Gasteiger partial charge in [-0.25, -0.2) is 0 Å². The molecule has 0 aliphatic carbocycles. The largest absolute Gasteiger partial charge is 0.462 e. The van der Waals surface area contributed by atoms with Gasteiger partial charge in [-0.05, 0) is 44.9 Å². The first-order valence-corrected chi connectivity index (χ1v) is 20.7. The smallest absolute Gasteiger partial charge is 0.306 e. The number of carbonyl (C=O) groups excluding carboxylic acids is 2. The van der Waals surface area contributed by atoms with E-state index in [1.807, 2.05) is 0 Å². The number of allylic oxidation sites excluding steroid dienone is 6. The Hall–Kier alpha value is -2.13. The van der Waals surface area contributed by atoms with Crippen LogP contribution in [0.4, 0.5) is 0 Å². The van der Waals surface area contributed by atoms with Crippen LogP contribution in [-0.2, 0) is 38.7 Å². The van der Waals surface area contributed by atoms with E-state index in [4.69, 9.17) is 18.9 Å². The van der Waals surface area contributed by atoms with E-state index >= 15 is 0 Å². The molecule has 1 aliphatic rings. The summed E-state index contributed by atoms with van der Waals surface area (Å²) in [6.07, 6.45) is 20.7. The molecule has 0 bridgehead atoms. The molecule has 0 spiro atoms. The molecule has 51 heavy (non-hydrogen) atoms. The van der Waals surface area contributed by atoms with Crippen LogP contribution in [0, 0.1) is 0 Å². The Bertz CT molecular complexity index is 1110. The van der Waals surface area contributed by atoms with Gasteiger partial charge in [-0.2, -0.15) is 8.42 Å². The molecular weight excluding hydrogens is 680 g/mol. The average Bonchev–Trinajstić information content (AvgIpc) is 3.09. The Morgan fingerprint density at radius 1 is 0.686 bits per heavy atom. The normalized spacial score (nSPS) is 21.9. The zero-order valence-corrected chi connectivity index (χ0v) is 31.8. The maximum absolute atomic E-state index is 12.7. The molecule has 296 valence electrons. The molecular formula is C38H66O12S. The fourth-order valence-corrected chi connectivity index (χ4v) is 6.20. The zero-order valence-electron chi connectivity index (χ0n) is 30.9. The van der Waals surface area contributed by atoms with Gasteiger partial charge in [0, 0.05) is 12.8 Å². The molecule has 4 N–H and O–H groups in total. The molecule has 0 aromatic carbocycles. The van der Waals surface area contributed by atoms with Crippen molar-refractivity contribution >= 4 is 22.1 Å². The Morgan fingerprint density at radius 2 is 1.24 bits per heavy atom. The summed E-state index contributed by atoms with van der Waals surface area (Å²) in [5.41, 5.74) is 0. The summed E-state index contributed by atoms with van der Waals surface area (Å²) in [6.45, 7) is 3.57. The number of unbranched alkanes of at least 4 members (excludes halogenated alkanes) is 12. The Kier molecular flexibility index (Phi) is 27.0. The number of carbonyl (C=O) groups is 2. The summed E-state index contributed by atoms with van der Waals surface area (Å²) in [5, 5.41) is 30.7. The first kappa shape index (κ1) is 46.9. The fourth-order valence-electron chi connectivity index (χ4n) is 5.51. The third kappa shape index (κ3) is 24.7. The van der Waals surface area contributed by atoms with Crippen molar-refractivity contribution in [3.05, 3.63) is 36.5 Å². The molecule has 0 aromatic heterocycles. The molecule has 1 saturated heterocycles. The van der Waals surface area contributed by atoms with Crippen LogP contribution in [0.15, 0.2) is 36.5 Å². The maximum atomic E-state index is 12.7. The van der Waals surface area contributed by atoms with Gasteiger partial charge in [-0.1, -0.05) is 115 Å². The molecule has 0 radical (unpaired) electrons. The van der Waals surface area contributed by atoms with Gasteiger partial charge in [0.1, 0.15) is 36.8 Å². The van der Waals surface area contributed by atoms with Crippen LogP contribution < -0.4 is 0 Å². The van der Waals surface area contributed by atoms with E-state index in [0.29, 0.717) is 12.8 Å². The quantitative estimate of drug-likeness (QED) is 0.0280. The van der Waals surface area contributed by atoms with Crippen molar-refractivity contribution in [3.8, 4) is 0 Å². The third-order valence-electron chi connectivity index (χ3n) is 8.48. The molecule has 1 heterocycles. The lowest BCUT2D eigenvalue weighted by Crippen LogP contribution is -2.60. The van der Waals surface area contributed by atoms with Gasteiger partial charge < -0.3 is 34.3 Å². The number of rotatable bonds is 30. The first-order chi connectivity index (χ1) is 24.5. The number of aliphatic hydroxyl groups excluding tert-OH is 3. The highest BCUT2D eigenvalue weighted by Crippen LogP contribution is 2.24. The lowest BCUT2D eigenvalue weighted by molar-refractivity contribution is -0.297. The second-order valence-electron chi connectivity index (χ2n) is 13.2. The number of ether oxygens (including phenoxy) is 4. The van der Waals surface area contributed by atoms with Crippen molar-refractivity contribution in [3.63, 3.8) is 0 Å². The monoisotopic (exact) mass is 746 g/mol. The van der Waals surface area contributed by atoms with Gasteiger partial charge in [-0.15, -0.1) is 0 Å². The Labute approximate surface area is 306 Å². The van der Waals surface area contributed by atoms with Crippen molar-refractivity contribution in [2.45, 2.75) is 173 Å². The first-order valence-electron chi connectivity index (χ1n) is 19.0. The third-order valence-corrected chi connectivity index (χ3v) is 9.23. The predicted octanol–water partition coefficient (Wildman–Crippen LogP) is 6.27. The minimum atomic E-state index is -4.60. The minimum Gasteiger partial charge on any atom is -0.462 e. The van der Waals surface area contributed by atoms with Crippen LogP contribution in [0.25, 0.3) is 0 Å². The molecule has 1 aliphatic heterocycles.